The van der Waals surface area contributed by atoms with E-state index < -0.39 is 11.1 Å². The number of aromatic nitrogens is 4. The Morgan fingerprint density at radius 1 is 1.15 bits per heavy atom. The number of thioether (sulfide) groups is 1. The van der Waals surface area contributed by atoms with Crippen LogP contribution in [0.25, 0.3) is 5.69 Å². The van der Waals surface area contributed by atoms with Gasteiger partial charge in [0.25, 0.3) is 0 Å². The number of halogens is 2. The molecule has 1 amide bonds. The fourth-order valence-electron chi connectivity index (χ4n) is 2.54. The van der Waals surface area contributed by atoms with Gasteiger partial charge in [0.05, 0.1) is 5.69 Å². The maximum atomic E-state index is 13.5. The first-order valence-electron chi connectivity index (χ1n) is 8.37. The molecule has 1 unspecified atom stereocenters. The van der Waals surface area contributed by atoms with Crippen molar-refractivity contribution in [2.24, 2.45) is 0 Å². The highest BCUT2D eigenvalue weighted by molar-refractivity contribution is 8.00. The van der Waals surface area contributed by atoms with Crippen molar-refractivity contribution in [1.82, 2.24) is 25.5 Å². The van der Waals surface area contributed by atoms with E-state index in [1.54, 1.807) is 24.3 Å². The lowest BCUT2D eigenvalue weighted by Gasteiger charge is -2.16. The fraction of sp³-hybridized carbons (Fsp3) is 0.222. The normalized spacial score (nSPS) is 14.7. The third-order valence-electron chi connectivity index (χ3n) is 4.05. The molecule has 2 aromatic carbocycles. The van der Waals surface area contributed by atoms with Crippen LogP contribution < -0.4 is 5.32 Å². The second-order valence-corrected chi connectivity index (χ2v) is 7.26. The topological polar surface area (TPSA) is 72.7 Å². The molecule has 1 saturated carbocycles. The van der Waals surface area contributed by atoms with E-state index >= 15 is 0 Å². The Bertz CT molecular complexity index is 958. The maximum absolute atomic E-state index is 13.5. The largest absolute Gasteiger partial charge is 0.352 e. The van der Waals surface area contributed by atoms with Crippen molar-refractivity contribution in [1.29, 1.82) is 0 Å². The molecule has 1 heterocycles. The molecule has 27 heavy (non-hydrogen) atoms. The number of hydrogen-bond donors (Lipinski definition) is 1. The number of carbonyl (C=O) groups is 1. The summed E-state index contributed by atoms with van der Waals surface area (Å²) >= 11 is 1.13. The first kappa shape index (κ1) is 17.6. The standard InChI is InChI=1S/C18H15F2N5OS/c19-12-6-4-11(5-7-12)16(17(26)21-14-8-9-14)27-18-22-23-24-25(18)15-3-1-2-13(20)10-15/h1-7,10,14,16H,8-9H2,(H,21,26). The summed E-state index contributed by atoms with van der Waals surface area (Å²) < 4.78 is 28.2. The molecule has 0 bridgehead atoms. The van der Waals surface area contributed by atoms with Gasteiger partial charge in [-0.15, -0.1) is 5.10 Å². The van der Waals surface area contributed by atoms with Crippen molar-refractivity contribution in [3.05, 3.63) is 65.7 Å². The van der Waals surface area contributed by atoms with E-state index in [0.29, 0.717) is 16.4 Å². The number of hydrogen-bond acceptors (Lipinski definition) is 5. The van der Waals surface area contributed by atoms with Gasteiger partial charge >= 0.3 is 0 Å². The zero-order valence-electron chi connectivity index (χ0n) is 14.0. The van der Waals surface area contributed by atoms with Crippen molar-refractivity contribution in [2.75, 3.05) is 0 Å². The van der Waals surface area contributed by atoms with Crippen LogP contribution in [0.5, 0.6) is 0 Å². The van der Waals surface area contributed by atoms with Gasteiger partial charge in [0, 0.05) is 6.04 Å². The Labute approximate surface area is 158 Å². The first-order valence-corrected chi connectivity index (χ1v) is 9.25. The van der Waals surface area contributed by atoms with Crippen molar-refractivity contribution < 1.29 is 13.6 Å². The van der Waals surface area contributed by atoms with Gasteiger partial charge in [-0.1, -0.05) is 30.0 Å². The molecular formula is C18H15F2N5OS. The smallest absolute Gasteiger partial charge is 0.238 e. The zero-order valence-corrected chi connectivity index (χ0v) is 14.9. The molecule has 1 aromatic heterocycles. The molecule has 3 aromatic rings. The quantitative estimate of drug-likeness (QED) is 0.658. The minimum absolute atomic E-state index is 0.181. The van der Waals surface area contributed by atoms with Crippen LogP contribution in [0.4, 0.5) is 8.78 Å². The van der Waals surface area contributed by atoms with Gasteiger partial charge in [0.1, 0.15) is 16.9 Å². The lowest BCUT2D eigenvalue weighted by molar-refractivity contribution is -0.120. The van der Waals surface area contributed by atoms with E-state index in [9.17, 15) is 13.6 Å². The molecule has 4 rings (SSSR count). The number of benzene rings is 2. The average Bonchev–Trinajstić information content (AvgIpc) is 3.34. The van der Waals surface area contributed by atoms with Crippen LogP contribution >= 0.6 is 11.8 Å². The summed E-state index contributed by atoms with van der Waals surface area (Å²) in [5, 5.41) is 14.1. The minimum Gasteiger partial charge on any atom is -0.352 e. The number of nitrogens with zero attached hydrogens (tertiary/aromatic N) is 4. The van der Waals surface area contributed by atoms with E-state index in [4.69, 9.17) is 0 Å². The van der Waals surface area contributed by atoms with E-state index in [1.165, 1.54) is 28.9 Å². The third-order valence-corrected chi connectivity index (χ3v) is 5.24. The molecule has 0 saturated heterocycles. The number of amides is 1. The van der Waals surface area contributed by atoms with Gasteiger partial charge < -0.3 is 5.32 Å². The first-order chi connectivity index (χ1) is 13.1. The molecule has 1 N–H and O–H groups in total. The van der Waals surface area contributed by atoms with Gasteiger partial charge in [-0.25, -0.2) is 8.78 Å². The summed E-state index contributed by atoms with van der Waals surface area (Å²) in [6, 6.07) is 11.8. The van der Waals surface area contributed by atoms with Crippen LogP contribution in [0.1, 0.15) is 23.7 Å². The van der Waals surface area contributed by atoms with E-state index in [0.717, 1.165) is 24.6 Å². The van der Waals surface area contributed by atoms with Crippen LogP contribution in [0.15, 0.2) is 53.7 Å². The summed E-state index contributed by atoms with van der Waals surface area (Å²) in [6.07, 6.45) is 1.90. The van der Waals surface area contributed by atoms with Crippen LogP contribution in [0, 0.1) is 11.6 Å². The maximum Gasteiger partial charge on any atom is 0.238 e. The SMILES string of the molecule is O=C(NC1CC1)C(Sc1nnnn1-c1cccc(F)c1)c1ccc(F)cc1. The molecule has 0 aliphatic heterocycles. The molecule has 1 atom stereocenters. The summed E-state index contributed by atoms with van der Waals surface area (Å²) in [4.78, 5) is 12.7. The Balaban J connectivity index is 1.64. The van der Waals surface area contributed by atoms with Gasteiger partial charge in [0.15, 0.2) is 0 Å². The lowest BCUT2D eigenvalue weighted by Crippen LogP contribution is -2.30. The number of rotatable bonds is 6. The zero-order chi connectivity index (χ0) is 18.8. The summed E-state index contributed by atoms with van der Waals surface area (Å²) in [5.41, 5.74) is 1.08. The molecule has 6 nitrogen and oxygen atoms in total. The second-order valence-electron chi connectivity index (χ2n) is 6.19. The van der Waals surface area contributed by atoms with Crippen LogP contribution in [-0.2, 0) is 4.79 Å². The molecule has 0 spiro atoms. The van der Waals surface area contributed by atoms with E-state index in [1.807, 2.05) is 0 Å². The van der Waals surface area contributed by atoms with Crippen molar-refractivity contribution >= 4 is 17.7 Å². The van der Waals surface area contributed by atoms with Crippen molar-refractivity contribution in [3.63, 3.8) is 0 Å². The van der Waals surface area contributed by atoms with Crippen LogP contribution in [0.2, 0.25) is 0 Å². The van der Waals surface area contributed by atoms with Gasteiger partial charge in [0.2, 0.25) is 11.1 Å². The molecule has 0 radical (unpaired) electrons. The van der Waals surface area contributed by atoms with Crippen molar-refractivity contribution in [2.45, 2.75) is 29.3 Å². The molecule has 1 aliphatic carbocycles. The number of nitrogens with one attached hydrogen (secondary N) is 1. The Hall–Kier alpha value is -2.81. The van der Waals surface area contributed by atoms with Gasteiger partial charge in [-0.2, -0.15) is 4.68 Å². The van der Waals surface area contributed by atoms with Gasteiger partial charge in [-0.3, -0.25) is 4.79 Å². The Morgan fingerprint density at radius 2 is 1.93 bits per heavy atom. The number of carbonyl (C=O) groups excluding carboxylic acids is 1. The number of tetrazole rings is 1. The van der Waals surface area contributed by atoms with Crippen molar-refractivity contribution in [3.8, 4) is 5.69 Å². The highest BCUT2D eigenvalue weighted by Gasteiger charge is 2.30. The fourth-order valence-corrected chi connectivity index (χ4v) is 3.55. The monoisotopic (exact) mass is 387 g/mol. The van der Waals surface area contributed by atoms with Crippen LogP contribution in [0.3, 0.4) is 0 Å². The summed E-state index contributed by atoms with van der Waals surface area (Å²) in [7, 11) is 0. The third kappa shape index (κ3) is 4.13. The average molecular weight is 387 g/mol. The predicted molar refractivity (Wildman–Crippen MR) is 95.3 cm³/mol. The van der Waals surface area contributed by atoms with E-state index in [-0.39, 0.29) is 17.8 Å². The van der Waals surface area contributed by atoms with E-state index in [2.05, 4.69) is 20.8 Å². The molecule has 1 fully saturated rings. The molecular weight excluding hydrogens is 372 g/mol. The highest BCUT2D eigenvalue weighted by atomic mass is 32.2. The predicted octanol–water partition coefficient (Wildman–Crippen LogP) is 3.05. The van der Waals surface area contributed by atoms with Crippen LogP contribution in [-0.4, -0.2) is 32.2 Å². The van der Waals surface area contributed by atoms with Gasteiger partial charge in [-0.05, 0) is 59.2 Å². The summed E-state index contributed by atoms with van der Waals surface area (Å²) in [5.74, 6) is -0.988. The molecule has 9 heteroatoms. The Kier molecular flexibility index (Phi) is 4.85. The minimum atomic E-state index is -0.662. The molecule has 1 aliphatic rings. The summed E-state index contributed by atoms with van der Waals surface area (Å²) in [6.45, 7) is 0. The lowest BCUT2D eigenvalue weighted by atomic mass is 10.1. The molecule has 138 valence electrons. The Morgan fingerprint density at radius 3 is 2.63 bits per heavy atom. The highest BCUT2D eigenvalue weighted by Crippen LogP contribution is 2.36. The second kappa shape index (κ2) is 7.43.